The summed E-state index contributed by atoms with van der Waals surface area (Å²) < 4.78 is 0. The zero-order chi connectivity index (χ0) is 19.9. The van der Waals surface area contributed by atoms with E-state index in [2.05, 4.69) is 34.2 Å². The fourth-order valence-electron chi connectivity index (χ4n) is 3.52. The molecule has 1 N–H and O–H groups in total. The van der Waals surface area contributed by atoms with Gasteiger partial charge in [-0.05, 0) is 37.2 Å². The zero-order valence-electron chi connectivity index (χ0n) is 16.8. The molecule has 0 bridgehead atoms. The fourth-order valence-corrected chi connectivity index (χ4v) is 3.52. The van der Waals surface area contributed by atoms with Gasteiger partial charge in [0.25, 0.3) is 0 Å². The molecule has 5 nitrogen and oxygen atoms in total. The van der Waals surface area contributed by atoms with E-state index >= 15 is 0 Å². The SMILES string of the molecule is CCN1CCN(c2ccc(NC(=O)CCC(=O)c3ccccc3)c(C)c2)CC1. The van der Waals surface area contributed by atoms with Crippen molar-refractivity contribution in [3.05, 3.63) is 59.7 Å². The normalized spacial score (nSPS) is 14.7. The summed E-state index contributed by atoms with van der Waals surface area (Å²) in [4.78, 5) is 29.3. The molecule has 1 fully saturated rings. The van der Waals surface area contributed by atoms with Crippen molar-refractivity contribution in [2.24, 2.45) is 0 Å². The summed E-state index contributed by atoms with van der Waals surface area (Å²) in [6.45, 7) is 9.54. The molecule has 2 aromatic rings. The molecule has 0 atom stereocenters. The molecule has 0 aliphatic carbocycles. The number of Topliss-reactive ketones (excluding diaryl/α,β-unsaturated/α-hetero) is 1. The summed E-state index contributed by atoms with van der Waals surface area (Å²) in [6.07, 6.45) is 0.405. The maximum absolute atomic E-state index is 12.3. The van der Waals surface area contributed by atoms with Crippen LogP contribution in [0.3, 0.4) is 0 Å². The minimum absolute atomic E-state index is 0.00552. The van der Waals surface area contributed by atoms with Crippen LogP contribution in [0.25, 0.3) is 0 Å². The number of benzene rings is 2. The van der Waals surface area contributed by atoms with Crippen molar-refractivity contribution in [2.75, 3.05) is 42.9 Å². The van der Waals surface area contributed by atoms with Crippen LogP contribution >= 0.6 is 0 Å². The standard InChI is InChI=1S/C23H29N3O2/c1-3-25-13-15-26(16-14-25)20-9-10-21(18(2)17-20)24-23(28)12-11-22(27)19-7-5-4-6-8-19/h4-10,17H,3,11-16H2,1-2H3,(H,24,28). The van der Waals surface area contributed by atoms with E-state index in [-0.39, 0.29) is 24.5 Å². The van der Waals surface area contributed by atoms with Gasteiger partial charge in [-0.3, -0.25) is 9.59 Å². The molecule has 0 unspecified atom stereocenters. The van der Waals surface area contributed by atoms with E-state index in [0.29, 0.717) is 5.56 Å². The first kappa shape index (κ1) is 20.1. The molecule has 0 radical (unpaired) electrons. The van der Waals surface area contributed by atoms with Crippen molar-refractivity contribution in [2.45, 2.75) is 26.7 Å². The lowest BCUT2D eigenvalue weighted by Gasteiger charge is -2.35. The maximum Gasteiger partial charge on any atom is 0.224 e. The predicted molar refractivity (Wildman–Crippen MR) is 114 cm³/mol. The average molecular weight is 380 g/mol. The average Bonchev–Trinajstić information content (AvgIpc) is 2.74. The Morgan fingerprint density at radius 1 is 0.964 bits per heavy atom. The predicted octanol–water partition coefficient (Wildman–Crippen LogP) is 3.74. The van der Waals surface area contributed by atoms with E-state index in [1.54, 1.807) is 12.1 Å². The number of nitrogens with zero attached hydrogens (tertiary/aromatic N) is 2. The number of carbonyl (C=O) groups excluding carboxylic acids is 2. The Morgan fingerprint density at radius 2 is 1.68 bits per heavy atom. The summed E-state index contributed by atoms with van der Waals surface area (Å²) in [6, 6.07) is 15.3. The molecule has 1 aliphatic heterocycles. The van der Waals surface area contributed by atoms with E-state index in [4.69, 9.17) is 0 Å². The van der Waals surface area contributed by atoms with E-state index in [0.717, 1.165) is 44.0 Å². The fraction of sp³-hybridized carbons (Fsp3) is 0.391. The van der Waals surface area contributed by atoms with E-state index < -0.39 is 0 Å². The van der Waals surface area contributed by atoms with Gasteiger partial charge in [0.1, 0.15) is 0 Å². The highest BCUT2D eigenvalue weighted by Gasteiger charge is 2.17. The third-order valence-corrected chi connectivity index (χ3v) is 5.34. The van der Waals surface area contributed by atoms with Gasteiger partial charge in [0.05, 0.1) is 0 Å². The highest BCUT2D eigenvalue weighted by atomic mass is 16.2. The van der Waals surface area contributed by atoms with Crippen molar-refractivity contribution in [3.63, 3.8) is 0 Å². The Kier molecular flexibility index (Phi) is 6.82. The molecule has 2 aromatic carbocycles. The molecule has 0 aromatic heterocycles. The third kappa shape index (κ3) is 5.20. The molecule has 0 spiro atoms. The Labute approximate surface area is 167 Å². The monoisotopic (exact) mass is 379 g/mol. The minimum atomic E-state index is -0.128. The van der Waals surface area contributed by atoms with Crippen LogP contribution in [0.2, 0.25) is 0 Å². The highest BCUT2D eigenvalue weighted by Crippen LogP contribution is 2.24. The van der Waals surface area contributed by atoms with Crippen LogP contribution in [-0.2, 0) is 4.79 Å². The maximum atomic E-state index is 12.3. The van der Waals surface area contributed by atoms with Gasteiger partial charge in [0.2, 0.25) is 5.91 Å². The molecule has 1 heterocycles. The third-order valence-electron chi connectivity index (χ3n) is 5.34. The number of aryl methyl sites for hydroxylation is 1. The number of nitrogens with one attached hydrogen (secondary N) is 1. The molecular formula is C23H29N3O2. The van der Waals surface area contributed by atoms with Crippen LogP contribution in [0.5, 0.6) is 0 Å². The van der Waals surface area contributed by atoms with Crippen LogP contribution in [-0.4, -0.2) is 49.3 Å². The summed E-state index contributed by atoms with van der Waals surface area (Å²) in [5.41, 5.74) is 3.70. The molecular weight excluding hydrogens is 350 g/mol. The first-order valence-electron chi connectivity index (χ1n) is 10.0. The highest BCUT2D eigenvalue weighted by molar-refractivity contribution is 6.00. The molecule has 3 rings (SSSR count). The number of carbonyl (C=O) groups is 2. The molecule has 5 heteroatoms. The van der Waals surface area contributed by atoms with Crippen LogP contribution in [0.15, 0.2) is 48.5 Å². The van der Waals surface area contributed by atoms with Crippen molar-refractivity contribution in [1.82, 2.24) is 4.90 Å². The number of hydrogen-bond donors (Lipinski definition) is 1. The van der Waals surface area contributed by atoms with Gasteiger partial charge < -0.3 is 15.1 Å². The second-order valence-electron chi connectivity index (χ2n) is 7.26. The summed E-state index contributed by atoms with van der Waals surface area (Å²) in [5.74, 6) is -0.134. The number of likely N-dealkylation sites (N-methyl/N-ethyl adjacent to an activating group) is 1. The Hall–Kier alpha value is -2.66. The van der Waals surface area contributed by atoms with Gasteiger partial charge >= 0.3 is 0 Å². The van der Waals surface area contributed by atoms with E-state index in [1.165, 1.54) is 5.69 Å². The van der Waals surface area contributed by atoms with Crippen LogP contribution in [0.1, 0.15) is 35.7 Å². The van der Waals surface area contributed by atoms with Gasteiger partial charge in [0, 0.05) is 56.0 Å². The quantitative estimate of drug-likeness (QED) is 0.745. The van der Waals surface area contributed by atoms with Gasteiger partial charge in [-0.25, -0.2) is 0 Å². The largest absolute Gasteiger partial charge is 0.369 e. The number of piperazine rings is 1. The second-order valence-corrected chi connectivity index (χ2v) is 7.26. The summed E-state index contributed by atoms with van der Waals surface area (Å²) >= 11 is 0. The van der Waals surface area contributed by atoms with Crippen LogP contribution in [0, 0.1) is 6.92 Å². The lowest BCUT2D eigenvalue weighted by atomic mass is 10.1. The summed E-state index contributed by atoms with van der Waals surface area (Å²) in [7, 11) is 0. The molecule has 148 valence electrons. The van der Waals surface area contributed by atoms with Crippen molar-refractivity contribution in [1.29, 1.82) is 0 Å². The Morgan fingerprint density at radius 3 is 2.32 bits per heavy atom. The van der Waals surface area contributed by atoms with E-state index in [1.807, 2.05) is 31.2 Å². The van der Waals surface area contributed by atoms with Gasteiger partial charge in [-0.2, -0.15) is 0 Å². The zero-order valence-corrected chi connectivity index (χ0v) is 16.8. The molecule has 1 saturated heterocycles. The minimum Gasteiger partial charge on any atom is -0.369 e. The number of hydrogen-bond acceptors (Lipinski definition) is 4. The lowest BCUT2D eigenvalue weighted by Crippen LogP contribution is -2.46. The smallest absolute Gasteiger partial charge is 0.224 e. The number of amides is 1. The first-order valence-corrected chi connectivity index (χ1v) is 10.0. The van der Waals surface area contributed by atoms with Crippen LogP contribution in [0.4, 0.5) is 11.4 Å². The van der Waals surface area contributed by atoms with Gasteiger partial charge in [0.15, 0.2) is 5.78 Å². The molecule has 0 saturated carbocycles. The molecule has 28 heavy (non-hydrogen) atoms. The molecule has 1 aliphatic rings. The van der Waals surface area contributed by atoms with Gasteiger partial charge in [-0.1, -0.05) is 37.3 Å². The summed E-state index contributed by atoms with van der Waals surface area (Å²) in [5, 5.41) is 2.95. The number of rotatable bonds is 7. The van der Waals surface area contributed by atoms with Crippen molar-refractivity contribution >= 4 is 23.1 Å². The number of ketones is 1. The van der Waals surface area contributed by atoms with Gasteiger partial charge in [-0.15, -0.1) is 0 Å². The van der Waals surface area contributed by atoms with Crippen molar-refractivity contribution < 1.29 is 9.59 Å². The lowest BCUT2D eigenvalue weighted by molar-refractivity contribution is -0.116. The molecule has 1 amide bonds. The second kappa shape index (κ2) is 9.51. The Bertz CT molecular complexity index is 812. The first-order chi connectivity index (χ1) is 13.6. The Balaban J connectivity index is 1.53. The van der Waals surface area contributed by atoms with Crippen LogP contribution < -0.4 is 10.2 Å². The van der Waals surface area contributed by atoms with E-state index in [9.17, 15) is 9.59 Å². The topological polar surface area (TPSA) is 52.6 Å². The number of anilines is 2. The van der Waals surface area contributed by atoms with Crippen molar-refractivity contribution in [3.8, 4) is 0 Å².